The van der Waals surface area contributed by atoms with E-state index in [1.807, 2.05) is 6.92 Å². The molecular weight excluding hydrogens is 196 g/mol. The van der Waals surface area contributed by atoms with Gasteiger partial charge in [0.25, 0.3) is 0 Å². The maximum Gasteiger partial charge on any atom is 0.249 e. The summed E-state index contributed by atoms with van der Waals surface area (Å²) in [7, 11) is 0. The highest BCUT2D eigenvalue weighted by molar-refractivity contribution is 5.95. The molecule has 0 fully saturated rings. The van der Waals surface area contributed by atoms with Crippen LogP contribution in [0, 0.1) is 0 Å². The summed E-state index contributed by atoms with van der Waals surface area (Å²) in [4.78, 5) is 31.7. The topological polar surface area (TPSA) is 75.3 Å². The minimum Gasteiger partial charge on any atom is -0.352 e. The Bertz CT molecular complexity index is 251. The highest BCUT2D eigenvalue weighted by Gasteiger charge is 2.16. The van der Waals surface area contributed by atoms with Gasteiger partial charge >= 0.3 is 0 Å². The van der Waals surface area contributed by atoms with Crippen molar-refractivity contribution in [2.24, 2.45) is 0 Å². The SMILES string of the molecule is C=C(C(=O)NCC=O)C(CCC)NC=O. The maximum atomic E-state index is 11.4. The Hall–Kier alpha value is -1.65. The average molecular weight is 212 g/mol. The molecule has 0 bridgehead atoms. The second kappa shape index (κ2) is 7.73. The lowest BCUT2D eigenvalue weighted by Crippen LogP contribution is -2.37. The van der Waals surface area contributed by atoms with Crippen LogP contribution in [0.3, 0.4) is 0 Å². The number of rotatable bonds is 8. The second-order valence-electron chi connectivity index (χ2n) is 3.03. The van der Waals surface area contributed by atoms with Crippen LogP contribution in [-0.4, -0.2) is 31.2 Å². The lowest BCUT2D eigenvalue weighted by molar-refractivity contribution is -0.119. The van der Waals surface area contributed by atoms with Crippen LogP contribution >= 0.6 is 0 Å². The Morgan fingerprint density at radius 1 is 1.47 bits per heavy atom. The summed E-state index contributed by atoms with van der Waals surface area (Å²) in [6.45, 7) is 5.49. The van der Waals surface area contributed by atoms with Crippen molar-refractivity contribution >= 4 is 18.6 Å². The van der Waals surface area contributed by atoms with Gasteiger partial charge in [0.2, 0.25) is 12.3 Å². The molecule has 0 spiro atoms. The van der Waals surface area contributed by atoms with E-state index in [0.717, 1.165) is 6.42 Å². The predicted octanol–water partition coefficient (Wildman–Crippen LogP) is -0.228. The molecular formula is C10H16N2O3. The molecule has 0 heterocycles. The van der Waals surface area contributed by atoms with Crippen molar-refractivity contribution in [2.75, 3.05) is 6.54 Å². The number of hydrogen-bond acceptors (Lipinski definition) is 3. The van der Waals surface area contributed by atoms with Gasteiger partial charge in [-0.05, 0) is 6.42 Å². The smallest absolute Gasteiger partial charge is 0.249 e. The predicted molar refractivity (Wildman–Crippen MR) is 56.1 cm³/mol. The number of hydrogen-bond donors (Lipinski definition) is 2. The fraction of sp³-hybridized carbons (Fsp3) is 0.500. The zero-order valence-electron chi connectivity index (χ0n) is 8.79. The highest BCUT2D eigenvalue weighted by Crippen LogP contribution is 2.06. The summed E-state index contributed by atoms with van der Waals surface area (Å²) < 4.78 is 0. The molecule has 0 aromatic carbocycles. The van der Waals surface area contributed by atoms with E-state index in [0.29, 0.717) is 19.1 Å². The highest BCUT2D eigenvalue weighted by atomic mass is 16.2. The van der Waals surface area contributed by atoms with E-state index in [-0.39, 0.29) is 18.2 Å². The third kappa shape index (κ3) is 4.95. The number of aldehydes is 1. The largest absolute Gasteiger partial charge is 0.352 e. The first-order valence-corrected chi connectivity index (χ1v) is 4.77. The summed E-state index contributed by atoms with van der Waals surface area (Å²) >= 11 is 0. The summed E-state index contributed by atoms with van der Waals surface area (Å²) in [6.07, 6.45) is 2.60. The number of nitrogens with one attached hydrogen (secondary N) is 2. The molecule has 5 heteroatoms. The van der Waals surface area contributed by atoms with Crippen molar-refractivity contribution in [2.45, 2.75) is 25.8 Å². The quantitative estimate of drug-likeness (QED) is 0.431. The van der Waals surface area contributed by atoms with E-state index in [1.54, 1.807) is 0 Å². The Labute approximate surface area is 88.9 Å². The van der Waals surface area contributed by atoms with E-state index in [1.165, 1.54) is 0 Å². The normalized spacial score (nSPS) is 11.3. The molecule has 0 aromatic rings. The van der Waals surface area contributed by atoms with Gasteiger partial charge in [-0.25, -0.2) is 0 Å². The van der Waals surface area contributed by atoms with Crippen molar-refractivity contribution in [1.82, 2.24) is 10.6 Å². The summed E-state index contributed by atoms with van der Waals surface area (Å²) in [5.41, 5.74) is 0.269. The van der Waals surface area contributed by atoms with Crippen LogP contribution in [0.25, 0.3) is 0 Å². The minimum absolute atomic E-state index is 0.0439. The fourth-order valence-electron chi connectivity index (χ4n) is 1.14. The molecule has 2 N–H and O–H groups in total. The van der Waals surface area contributed by atoms with Gasteiger partial charge in [-0.1, -0.05) is 19.9 Å². The van der Waals surface area contributed by atoms with Gasteiger partial charge in [-0.3, -0.25) is 9.59 Å². The van der Waals surface area contributed by atoms with E-state index < -0.39 is 5.91 Å². The van der Waals surface area contributed by atoms with Crippen molar-refractivity contribution in [1.29, 1.82) is 0 Å². The second-order valence-corrected chi connectivity index (χ2v) is 3.03. The number of carbonyl (C=O) groups is 3. The van der Waals surface area contributed by atoms with E-state index >= 15 is 0 Å². The first kappa shape index (κ1) is 13.4. The van der Waals surface area contributed by atoms with Gasteiger partial charge in [0.15, 0.2) is 0 Å². The fourth-order valence-corrected chi connectivity index (χ4v) is 1.14. The Balaban J connectivity index is 4.27. The maximum absolute atomic E-state index is 11.4. The van der Waals surface area contributed by atoms with Crippen LogP contribution in [0.2, 0.25) is 0 Å². The van der Waals surface area contributed by atoms with Crippen molar-refractivity contribution in [3.8, 4) is 0 Å². The van der Waals surface area contributed by atoms with Crippen LogP contribution in [0.1, 0.15) is 19.8 Å². The molecule has 0 aliphatic rings. The molecule has 0 aromatic heterocycles. The molecule has 15 heavy (non-hydrogen) atoms. The van der Waals surface area contributed by atoms with Gasteiger partial charge in [0.1, 0.15) is 6.29 Å². The molecule has 84 valence electrons. The number of carbonyl (C=O) groups excluding carboxylic acids is 3. The van der Waals surface area contributed by atoms with Gasteiger partial charge in [-0.15, -0.1) is 0 Å². The van der Waals surface area contributed by atoms with E-state index in [2.05, 4.69) is 17.2 Å². The van der Waals surface area contributed by atoms with Gasteiger partial charge in [-0.2, -0.15) is 0 Å². The zero-order valence-corrected chi connectivity index (χ0v) is 8.79. The van der Waals surface area contributed by atoms with Gasteiger partial charge in [0.05, 0.1) is 12.6 Å². The lowest BCUT2D eigenvalue weighted by atomic mass is 10.0. The van der Waals surface area contributed by atoms with Crippen LogP contribution in [0.4, 0.5) is 0 Å². The zero-order chi connectivity index (χ0) is 11.7. The van der Waals surface area contributed by atoms with E-state index in [4.69, 9.17) is 0 Å². The Morgan fingerprint density at radius 2 is 2.13 bits per heavy atom. The van der Waals surface area contributed by atoms with Crippen LogP contribution in [0.15, 0.2) is 12.2 Å². The molecule has 1 unspecified atom stereocenters. The van der Waals surface area contributed by atoms with Crippen molar-refractivity contribution < 1.29 is 14.4 Å². The summed E-state index contributed by atoms with van der Waals surface area (Å²) in [5.74, 6) is -0.408. The number of amides is 2. The first-order chi connectivity index (χ1) is 7.17. The lowest BCUT2D eigenvalue weighted by Gasteiger charge is -2.16. The molecule has 0 aliphatic heterocycles. The van der Waals surface area contributed by atoms with Gasteiger partial charge in [0, 0.05) is 5.57 Å². The molecule has 2 amide bonds. The Morgan fingerprint density at radius 3 is 2.60 bits per heavy atom. The summed E-state index contributed by atoms with van der Waals surface area (Å²) in [5, 5.41) is 4.88. The van der Waals surface area contributed by atoms with Crippen LogP contribution in [-0.2, 0) is 14.4 Å². The molecule has 5 nitrogen and oxygen atoms in total. The molecule has 0 rings (SSSR count). The summed E-state index contributed by atoms with van der Waals surface area (Å²) in [6, 6.07) is -0.362. The van der Waals surface area contributed by atoms with Crippen molar-refractivity contribution in [3.63, 3.8) is 0 Å². The molecule has 1 atom stereocenters. The van der Waals surface area contributed by atoms with Gasteiger partial charge < -0.3 is 15.4 Å². The molecule has 0 radical (unpaired) electrons. The first-order valence-electron chi connectivity index (χ1n) is 4.77. The standard InChI is InChI=1S/C10H16N2O3/c1-3-4-9(12-7-14)8(2)10(15)11-5-6-13/h6-7,9H,2-5H2,1H3,(H,11,15)(H,12,14). The Kier molecular flexibility index (Phi) is 6.88. The van der Waals surface area contributed by atoms with Crippen LogP contribution in [0.5, 0.6) is 0 Å². The monoisotopic (exact) mass is 212 g/mol. The minimum atomic E-state index is -0.408. The van der Waals surface area contributed by atoms with E-state index in [9.17, 15) is 14.4 Å². The average Bonchev–Trinajstić information content (AvgIpc) is 2.24. The van der Waals surface area contributed by atoms with Crippen molar-refractivity contribution in [3.05, 3.63) is 12.2 Å². The molecule has 0 aliphatic carbocycles. The molecule has 0 saturated carbocycles. The third-order valence-electron chi connectivity index (χ3n) is 1.90. The van der Waals surface area contributed by atoms with Crippen LogP contribution < -0.4 is 10.6 Å². The molecule has 0 saturated heterocycles. The third-order valence-corrected chi connectivity index (χ3v) is 1.90.